The number of nitrogens with one attached hydrogen (secondary N) is 2. The molecule has 0 aliphatic carbocycles. The molecule has 2 aromatic carbocycles. The van der Waals surface area contributed by atoms with Crippen molar-refractivity contribution in [1.29, 1.82) is 0 Å². The Balaban J connectivity index is 1.74. The summed E-state index contributed by atoms with van der Waals surface area (Å²) in [5.41, 5.74) is 2.90. The molecule has 0 radical (unpaired) electrons. The highest BCUT2D eigenvalue weighted by Gasteiger charge is 2.14. The predicted octanol–water partition coefficient (Wildman–Crippen LogP) is 5.38. The Labute approximate surface area is 152 Å². The second-order valence-electron chi connectivity index (χ2n) is 5.39. The van der Waals surface area contributed by atoms with Gasteiger partial charge in [0.2, 0.25) is 0 Å². The number of benzene rings is 2. The van der Waals surface area contributed by atoms with Gasteiger partial charge in [-0.2, -0.15) is 5.10 Å². The van der Waals surface area contributed by atoms with Gasteiger partial charge in [-0.05, 0) is 48.5 Å². The number of carbonyl (C=O) groups is 1. The average molecular weight is 372 g/mol. The third-order valence-electron chi connectivity index (χ3n) is 3.75. The summed E-state index contributed by atoms with van der Waals surface area (Å²) in [6.45, 7) is 0. The second kappa shape index (κ2) is 6.27. The van der Waals surface area contributed by atoms with Crippen molar-refractivity contribution in [3.8, 4) is 11.3 Å². The van der Waals surface area contributed by atoms with Gasteiger partial charge < -0.3 is 9.73 Å². The van der Waals surface area contributed by atoms with Crippen molar-refractivity contribution in [2.75, 3.05) is 5.32 Å². The molecule has 124 valence electrons. The van der Waals surface area contributed by atoms with Gasteiger partial charge in [0.05, 0.1) is 16.8 Å². The molecular weight excluding hydrogens is 361 g/mol. The summed E-state index contributed by atoms with van der Waals surface area (Å²) in [5.74, 6) is -0.0767. The zero-order valence-corrected chi connectivity index (χ0v) is 14.2. The summed E-state index contributed by atoms with van der Waals surface area (Å²) in [6, 6.07) is 14.0. The number of anilines is 1. The highest BCUT2D eigenvalue weighted by Crippen LogP contribution is 2.34. The van der Waals surface area contributed by atoms with Crippen LogP contribution in [-0.2, 0) is 0 Å². The fraction of sp³-hybridized carbons (Fsp3) is 0. The summed E-state index contributed by atoms with van der Waals surface area (Å²) in [4.78, 5) is 12.1. The molecule has 0 unspecified atom stereocenters. The Bertz CT molecular complexity index is 1070. The summed E-state index contributed by atoms with van der Waals surface area (Å²) in [5, 5.41) is 12.0. The molecule has 2 N–H and O–H groups in total. The summed E-state index contributed by atoms with van der Waals surface area (Å²) in [7, 11) is 0. The standard InChI is InChI=1S/C18H11Cl2N3O2/c19-10-3-5-12(14(20)8-10)17-13-9-11(4-6-15(13)22-23-17)21-18(24)16-2-1-7-25-16/h1-9H,(H,21,24)(H,22,23). The maximum absolute atomic E-state index is 12.1. The van der Waals surface area contributed by atoms with Gasteiger partial charge in [-0.15, -0.1) is 0 Å². The number of furan rings is 1. The number of amides is 1. The molecule has 0 bridgehead atoms. The number of fused-ring (bicyclic) bond motifs is 1. The van der Waals surface area contributed by atoms with E-state index >= 15 is 0 Å². The Morgan fingerprint density at radius 1 is 1.12 bits per heavy atom. The second-order valence-corrected chi connectivity index (χ2v) is 6.23. The number of carbonyl (C=O) groups excluding carboxylic acids is 1. The van der Waals surface area contributed by atoms with Crippen LogP contribution in [0.1, 0.15) is 10.6 Å². The molecule has 2 aromatic heterocycles. The van der Waals surface area contributed by atoms with Gasteiger partial charge in [-0.25, -0.2) is 0 Å². The van der Waals surface area contributed by atoms with Gasteiger partial charge in [-0.1, -0.05) is 23.2 Å². The number of nitrogens with zero attached hydrogens (tertiary/aromatic N) is 1. The van der Waals surface area contributed by atoms with Crippen LogP contribution in [-0.4, -0.2) is 16.1 Å². The molecular formula is C18H11Cl2N3O2. The zero-order chi connectivity index (χ0) is 17.4. The number of aromatic amines is 1. The lowest BCUT2D eigenvalue weighted by Crippen LogP contribution is -2.10. The Hall–Kier alpha value is -2.76. The highest BCUT2D eigenvalue weighted by atomic mass is 35.5. The van der Waals surface area contributed by atoms with Crippen molar-refractivity contribution in [3.05, 3.63) is 70.6 Å². The van der Waals surface area contributed by atoms with Crippen LogP contribution in [0, 0.1) is 0 Å². The molecule has 4 aromatic rings. The maximum Gasteiger partial charge on any atom is 0.291 e. The quantitative estimate of drug-likeness (QED) is 0.507. The Morgan fingerprint density at radius 3 is 2.76 bits per heavy atom. The monoisotopic (exact) mass is 371 g/mol. The molecule has 0 saturated carbocycles. The lowest BCUT2D eigenvalue weighted by atomic mass is 10.1. The molecule has 5 nitrogen and oxygen atoms in total. The number of hydrogen-bond donors (Lipinski definition) is 2. The third kappa shape index (κ3) is 2.99. The Kier molecular flexibility index (Phi) is 3.95. The van der Waals surface area contributed by atoms with Crippen LogP contribution in [0.2, 0.25) is 10.0 Å². The van der Waals surface area contributed by atoms with Crippen molar-refractivity contribution in [3.63, 3.8) is 0 Å². The smallest absolute Gasteiger partial charge is 0.291 e. The van der Waals surface area contributed by atoms with E-state index in [1.54, 1.807) is 30.3 Å². The molecule has 0 saturated heterocycles. The van der Waals surface area contributed by atoms with Crippen molar-refractivity contribution >= 4 is 45.7 Å². The Morgan fingerprint density at radius 2 is 2.00 bits per heavy atom. The van der Waals surface area contributed by atoms with Gasteiger partial charge in [0.15, 0.2) is 5.76 Å². The molecule has 0 fully saturated rings. The van der Waals surface area contributed by atoms with Crippen LogP contribution in [0.15, 0.2) is 59.2 Å². The normalized spacial score (nSPS) is 11.0. The largest absolute Gasteiger partial charge is 0.459 e. The number of halogens is 2. The maximum atomic E-state index is 12.1. The van der Waals surface area contributed by atoms with E-state index in [9.17, 15) is 4.79 Å². The molecule has 1 amide bonds. The summed E-state index contributed by atoms with van der Waals surface area (Å²) in [6.07, 6.45) is 1.45. The van der Waals surface area contributed by atoms with E-state index in [1.807, 2.05) is 18.2 Å². The first-order valence-electron chi connectivity index (χ1n) is 7.40. The minimum atomic E-state index is -0.320. The SMILES string of the molecule is O=C(Nc1ccc2[nH]nc(-c3ccc(Cl)cc3Cl)c2c1)c1ccco1. The minimum Gasteiger partial charge on any atom is -0.459 e. The first-order chi connectivity index (χ1) is 12.1. The lowest BCUT2D eigenvalue weighted by Gasteiger charge is -2.05. The van der Waals surface area contributed by atoms with Gasteiger partial charge >= 0.3 is 0 Å². The lowest BCUT2D eigenvalue weighted by molar-refractivity contribution is 0.0996. The molecule has 0 atom stereocenters. The van der Waals surface area contributed by atoms with E-state index in [0.29, 0.717) is 21.4 Å². The van der Waals surface area contributed by atoms with E-state index in [0.717, 1.165) is 16.5 Å². The molecule has 0 aliphatic heterocycles. The summed E-state index contributed by atoms with van der Waals surface area (Å²) >= 11 is 12.3. The molecule has 25 heavy (non-hydrogen) atoms. The summed E-state index contributed by atoms with van der Waals surface area (Å²) < 4.78 is 5.10. The van der Waals surface area contributed by atoms with E-state index in [4.69, 9.17) is 27.6 Å². The molecule has 7 heteroatoms. The zero-order valence-electron chi connectivity index (χ0n) is 12.7. The average Bonchev–Trinajstić information content (AvgIpc) is 3.24. The van der Waals surface area contributed by atoms with Crippen molar-refractivity contribution in [1.82, 2.24) is 10.2 Å². The molecule has 0 aliphatic rings. The molecule has 2 heterocycles. The van der Waals surface area contributed by atoms with Crippen molar-refractivity contribution in [2.45, 2.75) is 0 Å². The van der Waals surface area contributed by atoms with Crippen LogP contribution in [0.5, 0.6) is 0 Å². The van der Waals surface area contributed by atoms with Crippen LogP contribution in [0.25, 0.3) is 22.2 Å². The topological polar surface area (TPSA) is 70.9 Å². The van der Waals surface area contributed by atoms with Gasteiger partial charge in [0.1, 0.15) is 5.69 Å². The van der Waals surface area contributed by atoms with Crippen molar-refractivity contribution < 1.29 is 9.21 Å². The third-order valence-corrected chi connectivity index (χ3v) is 4.30. The fourth-order valence-electron chi connectivity index (χ4n) is 2.58. The predicted molar refractivity (Wildman–Crippen MR) is 98.2 cm³/mol. The van der Waals surface area contributed by atoms with Gasteiger partial charge in [0.25, 0.3) is 5.91 Å². The number of H-pyrrole nitrogens is 1. The van der Waals surface area contributed by atoms with Gasteiger partial charge in [0, 0.05) is 21.7 Å². The minimum absolute atomic E-state index is 0.244. The van der Waals surface area contributed by atoms with Crippen molar-refractivity contribution in [2.24, 2.45) is 0 Å². The van der Waals surface area contributed by atoms with Gasteiger partial charge in [-0.3, -0.25) is 9.89 Å². The van der Waals surface area contributed by atoms with Crippen LogP contribution >= 0.6 is 23.2 Å². The van der Waals surface area contributed by atoms with Crippen LogP contribution in [0.3, 0.4) is 0 Å². The van der Waals surface area contributed by atoms with Crippen LogP contribution < -0.4 is 5.32 Å². The molecule has 0 spiro atoms. The van der Waals surface area contributed by atoms with E-state index in [-0.39, 0.29) is 11.7 Å². The fourth-order valence-corrected chi connectivity index (χ4v) is 3.08. The molecule has 4 rings (SSSR count). The van der Waals surface area contributed by atoms with E-state index < -0.39 is 0 Å². The van der Waals surface area contributed by atoms with E-state index in [1.165, 1.54) is 6.26 Å². The number of hydrogen-bond acceptors (Lipinski definition) is 3. The van der Waals surface area contributed by atoms with Crippen LogP contribution in [0.4, 0.5) is 5.69 Å². The first-order valence-corrected chi connectivity index (χ1v) is 8.16. The van der Waals surface area contributed by atoms with E-state index in [2.05, 4.69) is 15.5 Å². The number of rotatable bonds is 3. The number of aromatic nitrogens is 2. The highest BCUT2D eigenvalue weighted by molar-refractivity contribution is 6.36. The first kappa shape index (κ1) is 15.7.